The average molecular weight is 307 g/mol. The summed E-state index contributed by atoms with van der Waals surface area (Å²) in [4.78, 5) is 19.9. The van der Waals surface area contributed by atoms with E-state index in [1.54, 1.807) is 11.3 Å². The number of rotatable bonds is 6. The monoisotopic (exact) mass is 307 g/mol. The maximum atomic E-state index is 12.6. The SMILES string of the molecule is Cc1cn2c(CC(=O)N(CCCO)C3CCC3)csc2n1. The van der Waals surface area contributed by atoms with Crippen molar-refractivity contribution in [3.05, 3.63) is 23.0 Å². The lowest BCUT2D eigenvalue weighted by Gasteiger charge is -2.37. The van der Waals surface area contributed by atoms with E-state index in [1.807, 2.05) is 27.8 Å². The van der Waals surface area contributed by atoms with Crippen LogP contribution in [0.2, 0.25) is 0 Å². The fourth-order valence-corrected chi connectivity index (χ4v) is 3.69. The van der Waals surface area contributed by atoms with Gasteiger partial charge in [0.2, 0.25) is 5.91 Å². The van der Waals surface area contributed by atoms with Gasteiger partial charge in [-0.1, -0.05) is 0 Å². The molecule has 0 saturated heterocycles. The third-order valence-electron chi connectivity index (χ3n) is 4.13. The number of thiazole rings is 1. The van der Waals surface area contributed by atoms with E-state index in [0.717, 1.165) is 29.2 Å². The van der Waals surface area contributed by atoms with Gasteiger partial charge in [0, 0.05) is 36.5 Å². The zero-order valence-electron chi connectivity index (χ0n) is 12.3. The van der Waals surface area contributed by atoms with E-state index in [0.29, 0.717) is 25.4 Å². The number of carbonyl (C=O) groups is 1. The third kappa shape index (κ3) is 2.96. The molecule has 6 heteroatoms. The van der Waals surface area contributed by atoms with Crippen LogP contribution in [0.3, 0.4) is 0 Å². The molecule has 1 fully saturated rings. The minimum absolute atomic E-state index is 0.139. The lowest BCUT2D eigenvalue weighted by Crippen LogP contribution is -2.45. The Kier molecular flexibility index (Phi) is 4.26. The first-order valence-corrected chi connectivity index (χ1v) is 8.39. The summed E-state index contributed by atoms with van der Waals surface area (Å²) in [6.45, 7) is 2.77. The van der Waals surface area contributed by atoms with Crippen LogP contribution in [0.4, 0.5) is 0 Å². The summed E-state index contributed by atoms with van der Waals surface area (Å²) >= 11 is 1.58. The number of imidazole rings is 1. The van der Waals surface area contributed by atoms with Crippen LogP contribution in [0.1, 0.15) is 37.1 Å². The zero-order valence-corrected chi connectivity index (χ0v) is 13.1. The second-order valence-electron chi connectivity index (χ2n) is 5.69. The van der Waals surface area contributed by atoms with Gasteiger partial charge in [-0.15, -0.1) is 11.3 Å². The molecule has 21 heavy (non-hydrogen) atoms. The Balaban J connectivity index is 1.73. The van der Waals surface area contributed by atoms with Crippen molar-refractivity contribution in [1.29, 1.82) is 0 Å². The van der Waals surface area contributed by atoms with E-state index in [1.165, 1.54) is 6.42 Å². The fraction of sp³-hybridized carbons (Fsp3) is 0.600. The normalized spacial score (nSPS) is 15.3. The van der Waals surface area contributed by atoms with Gasteiger partial charge in [0.05, 0.1) is 12.1 Å². The number of hydrogen-bond acceptors (Lipinski definition) is 4. The smallest absolute Gasteiger partial charge is 0.228 e. The van der Waals surface area contributed by atoms with Crippen molar-refractivity contribution in [2.24, 2.45) is 0 Å². The van der Waals surface area contributed by atoms with Crippen molar-refractivity contribution in [3.8, 4) is 0 Å². The van der Waals surface area contributed by atoms with Crippen molar-refractivity contribution < 1.29 is 9.90 Å². The van der Waals surface area contributed by atoms with E-state index < -0.39 is 0 Å². The Labute approximate surface area is 128 Å². The molecule has 0 aromatic carbocycles. The number of amides is 1. The van der Waals surface area contributed by atoms with Crippen molar-refractivity contribution in [1.82, 2.24) is 14.3 Å². The van der Waals surface area contributed by atoms with Crippen LogP contribution < -0.4 is 0 Å². The molecular formula is C15H21N3O2S. The van der Waals surface area contributed by atoms with Gasteiger partial charge < -0.3 is 10.0 Å². The molecule has 1 aliphatic carbocycles. The molecule has 2 heterocycles. The predicted octanol–water partition coefficient (Wildman–Crippen LogP) is 2.01. The maximum absolute atomic E-state index is 12.6. The van der Waals surface area contributed by atoms with Gasteiger partial charge >= 0.3 is 0 Å². The van der Waals surface area contributed by atoms with Gasteiger partial charge in [-0.2, -0.15) is 0 Å². The molecule has 0 atom stereocenters. The van der Waals surface area contributed by atoms with Gasteiger partial charge in [-0.05, 0) is 32.6 Å². The lowest BCUT2D eigenvalue weighted by molar-refractivity contribution is -0.134. The number of nitrogens with zero attached hydrogens (tertiary/aromatic N) is 3. The van der Waals surface area contributed by atoms with Gasteiger partial charge in [-0.25, -0.2) is 4.98 Å². The third-order valence-corrected chi connectivity index (χ3v) is 5.02. The number of aliphatic hydroxyl groups excluding tert-OH is 1. The fourth-order valence-electron chi connectivity index (χ4n) is 2.78. The van der Waals surface area contributed by atoms with Crippen LogP contribution in [-0.4, -0.2) is 44.5 Å². The molecule has 1 N–H and O–H groups in total. The summed E-state index contributed by atoms with van der Waals surface area (Å²) in [6, 6.07) is 0.377. The van der Waals surface area contributed by atoms with Crippen molar-refractivity contribution in [2.45, 2.75) is 45.1 Å². The van der Waals surface area contributed by atoms with Crippen LogP contribution in [0.25, 0.3) is 4.96 Å². The molecule has 1 aliphatic rings. The summed E-state index contributed by atoms with van der Waals surface area (Å²) in [6.07, 6.45) is 6.46. The Morgan fingerprint density at radius 1 is 1.57 bits per heavy atom. The summed E-state index contributed by atoms with van der Waals surface area (Å²) in [5.41, 5.74) is 1.99. The summed E-state index contributed by atoms with van der Waals surface area (Å²) in [7, 11) is 0. The average Bonchev–Trinajstić information content (AvgIpc) is 2.92. The summed E-state index contributed by atoms with van der Waals surface area (Å²) in [5.74, 6) is 0.166. The molecular weight excluding hydrogens is 286 g/mol. The Bertz CT molecular complexity index is 630. The molecule has 0 spiro atoms. The maximum Gasteiger partial charge on any atom is 0.228 e. The predicted molar refractivity (Wildman–Crippen MR) is 82.6 cm³/mol. The highest BCUT2D eigenvalue weighted by molar-refractivity contribution is 7.15. The number of fused-ring (bicyclic) bond motifs is 1. The summed E-state index contributed by atoms with van der Waals surface area (Å²) < 4.78 is 2.02. The summed E-state index contributed by atoms with van der Waals surface area (Å²) in [5, 5.41) is 11.0. The Morgan fingerprint density at radius 2 is 2.38 bits per heavy atom. The van der Waals surface area contributed by atoms with Crippen molar-refractivity contribution in [2.75, 3.05) is 13.2 Å². The van der Waals surface area contributed by atoms with Gasteiger partial charge in [0.1, 0.15) is 0 Å². The second kappa shape index (κ2) is 6.15. The molecule has 2 aromatic rings. The largest absolute Gasteiger partial charge is 0.396 e. The van der Waals surface area contributed by atoms with E-state index in [2.05, 4.69) is 4.98 Å². The molecule has 5 nitrogen and oxygen atoms in total. The van der Waals surface area contributed by atoms with E-state index in [4.69, 9.17) is 5.11 Å². The van der Waals surface area contributed by atoms with E-state index >= 15 is 0 Å². The highest BCUT2D eigenvalue weighted by Crippen LogP contribution is 2.26. The number of hydrogen-bond donors (Lipinski definition) is 1. The highest BCUT2D eigenvalue weighted by Gasteiger charge is 2.28. The standard InChI is InChI=1S/C15H21N3O2S/c1-11-9-18-13(10-21-15(18)16-11)8-14(20)17(6-3-7-19)12-4-2-5-12/h9-10,12,19H,2-8H2,1H3. The number of aryl methyl sites for hydroxylation is 1. The van der Waals surface area contributed by atoms with E-state index in [-0.39, 0.29) is 12.5 Å². The van der Waals surface area contributed by atoms with Crippen LogP contribution in [0.15, 0.2) is 11.6 Å². The first kappa shape index (κ1) is 14.5. The molecule has 2 aromatic heterocycles. The van der Waals surface area contributed by atoms with Crippen LogP contribution >= 0.6 is 11.3 Å². The van der Waals surface area contributed by atoms with E-state index in [9.17, 15) is 4.79 Å². The lowest BCUT2D eigenvalue weighted by atomic mass is 9.91. The molecule has 0 unspecified atom stereocenters. The van der Waals surface area contributed by atoms with Crippen LogP contribution in [0.5, 0.6) is 0 Å². The van der Waals surface area contributed by atoms with Crippen LogP contribution in [0, 0.1) is 6.92 Å². The minimum atomic E-state index is 0.139. The first-order chi connectivity index (χ1) is 10.2. The molecule has 1 saturated carbocycles. The van der Waals surface area contributed by atoms with Crippen molar-refractivity contribution >= 4 is 22.2 Å². The minimum Gasteiger partial charge on any atom is -0.396 e. The first-order valence-electron chi connectivity index (χ1n) is 7.51. The molecule has 1 amide bonds. The highest BCUT2D eigenvalue weighted by atomic mass is 32.1. The number of aliphatic hydroxyl groups is 1. The number of carbonyl (C=O) groups excluding carboxylic acids is 1. The molecule has 0 radical (unpaired) electrons. The van der Waals surface area contributed by atoms with Gasteiger partial charge in [0.25, 0.3) is 0 Å². The van der Waals surface area contributed by atoms with Gasteiger partial charge in [0.15, 0.2) is 4.96 Å². The molecule has 114 valence electrons. The topological polar surface area (TPSA) is 57.8 Å². The van der Waals surface area contributed by atoms with Gasteiger partial charge in [-0.3, -0.25) is 9.20 Å². The van der Waals surface area contributed by atoms with Crippen molar-refractivity contribution in [3.63, 3.8) is 0 Å². The molecule has 3 rings (SSSR count). The second-order valence-corrected chi connectivity index (χ2v) is 6.52. The number of aromatic nitrogens is 2. The quantitative estimate of drug-likeness (QED) is 0.888. The molecule has 0 aliphatic heterocycles. The Hall–Kier alpha value is -1.40. The Morgan fingerprint density at radius 3 is 3.05 bits per heavy atom. The zero-order chi connectivity index (χ0) is 14.8. The van der Waals surface area contributed by atoms with Crippen LogP contribution in [-0.2, 0) is 11.2 Å². The molecule has 0 bridgehead atoms.